The predicted molar refractivity (Wildman–Crippen MR) is 77.3 cm³/mol. The van der Waals surface area contributed by atoms with Gasteiger partial charge in [-0.2, -0.15) is 5.26 Å². The van der Waals surface area contributed by atoms with Crippen LogP contribution in [-0.4, -0.2) is 11.5 Å². The van der Waals surface area contributed by atoms with Gasteiger partial charge in [0.25, 0.3) is 0 Å². The lowest BCUT2D eigenvalue weighted by molar-refractivity contribution is 1.00. The number of nitrogens with one attached hydrogen (secondary N) is 1. The van der Waals surface area contributed by atoms with Crippen molar-refractivity contribution in [2.24, 2.45) is 0 Å². The summed E-state index contributed by atoms with van der Waals surface area (Å²) in [5.74, 6) is 0.741. The lowest BCUT2D eigenvalue weighted by Gasteiger charge is -2.07. The number of nitriles is 1. The number of hydrogen-bond donors (Lipinski definition) is 1. The largest absolute Gasteiger partial charge is 0.370 e. The van der Waals surface area contributed by atoms with Crippen LogP contribution in [0.1, 0.15) is 16.8 Å². The maximum atomic E-state index is 8.90. The number of anilines is 1. The Morgan fingerprint density at radius 3 is 2.68 bits per heavy atom. The molecule has 0 bridgehead atoms. The number of benzene rings is 1. The van der Waals surface area contributed by atoms with Gasteiger partial charge in [0.15, 0.2) is 0 Å². The monoisotopic (exact) mass is 271 g/mol. The highest BCUT2D eigenvalue weighted by Crippen LogP contribution is 2.11. The molecule has 19 heavy (non-hydrogen) atoms. The van der Waals surface area contributed by atoms with Crippen LogP contribution in [0.15, 0.2) is 36.4 Å². The minimum Gasteiger partial charge on any atom is -0.370 e. The number of rotatable bonds is 4. The molecule has 0 saturated heterocycles. The highest BCUT2D eigenvalue weighted by Gasteiger charge is 1.99. The third-order valence-electron chi connectivity index (χ3n) is 2.72. The summed E-state index contributed by atoms with van der Waals surface area (Å²) in [5.41, 5.74) is 2.68. The smallest absolute Gasteiger partial charge is 0.127 e. The van der Waals surface area contributed by atoms with Gasteiger partial charge in [-0.25, -0.2) is 4.98 Å². The fourth-order valence-electron chi connectivity index (χ4n) is 1.81. The Bertz CT molecular complexity index is 600. The van der Waals surface area contributed by atoms with Crippen LogP contribution in [0.25, 0.3) is 0 Å². The Kier molecular flexibility index (Phi) is 4.38. The molecule has 0 aliphatic carbocycles. The molecule has 0 amide bonds. The molecule has 0 aliphatic heterocycles. The molecular weight excluding hydrogens is 258 g/mol. The standard InChI is InChI=1S/C15H14ClN3/c1-11-8-13(10-17)9-15(19-11)18-7-6-12-2-4-14(16)5-3-12/h2-5,8-9H,6-7H2,1H3,(H,18,19). The van der Waals surface area contributed by atoms with Crippen LogP contribution in [-0.2, 0) is 6.42 Å². The van der Waals surface area contributed by atoms with E-state index in [1.165, 1.54) is 5.56 Å². The average molecular weight is 272 g/mol. The van der Waals surface area contributed by atoms with Crippen molar-refractivity contribution >= 4 is 17.4 Å². The quantitative estimate of drug-likeness (QED) is 0.925. The van der Waals surface area contributed by atoms with Crippen molar-refractivity contribution < 1.29 is 0 Å². The second-order valence-electron chi connectivity index (χ2n) is 4.30. The van der Waals surface area contributed by atoms with Gasteiger partial charge in [-0.05, 0) is 43.2 Å². The molecule has 0 atom stereocenters. The second kappa shape index (κ2) is 6.21. The van der Waals surface area contributed by atoms with Crippen molar-refractivity contribution in [3.05, 3.63) is 58.2 Å². The van der Waals surface area contributed by atoms with E-state index in [-0.39, 0.29) is 0 Å². The zero-order valence-corrected chi connectivity index (χ0v) is 11.4. The topological polar surface area (TPSA) is 48.7 Å². The Balaban J connectivity index is 1.94. The van der Waals surface area contributed by atoms with Crippen molar-refractivity contribution in [2.45, 2.75) is 13.3 Å². The molecule has 1 aromatic carbocycles. The summed E-state index contributed by atoms with van der Waals surface area (Å²) < 4.78 is 0. The summed E-state index contributed by atoms with van der Waals surface area (Å²) in [4.78, 5) is 4.34. The molecule has 0 fully saturated rings. The highest BCUT2D eigenvalue weighted by molar-refractivity contribution is 6.30. The summed E-state index contributed by atoms with van der Waals surface area (Å²) in [6.07, 6.45) is 0.884. The van der Waals surface area contributed by atoms with E-state index in [1.807, 2.05) is 31.2 Å². The molecule has 0 unspecified atom stereocenters. The summed E-state index contributed by atoms with van der Waals surface area (Å²) >= 11 is 5.84. The van der Waals surface area contributed by atoms with Crippen LogP contribution in [0, 0.1) is 18.3 Å². The second-order valence-corrected chi connectivity index (χ2v) is 4.73. The zero-order valence-electron chi connectivity index (χ0n) is 10.7. The summed E-state index contributed by atoms with van der Waals surface area (Å²) in [6.45, 7) is 2.65. The Labute approximate surface area is 117 Å². The van der Waals surface area contributed by atoms with Crippen molar-refractivity contribution in [1.29, 1.82) is 5.26 Å². The van der Waals surface area contributed by atoms with Crippen LogP contribution in [0.2, 0.25) is 5.02 Å². The molecule has 3 nitrogen and oxygen atoms in total. The fourth-order valence-corrected chi connectivity index (χ4v) is 1.94. The van der Waals surface area contributed by atoms with Crippen LogP contribution < -0.4 is 5.32 Å². The Morgan fingerprint density at radius 2 is 2.00 bits per heavy atom. The molecule has 1 N–H and O–H groups in total. The molecule has 0 saturated carbocycles. The molecule has 0 radical (unpaired) electrons. The van der Waals surface area contributed by atoms with Gasteiger partial charge in [-0.1, -0.05) is 23.7 Å². The van der Waals surface area contributed by atoms with E-state index in [1.54, 1.807) is 12.1 Å². The zero-order chi connectivity index (χ0) is 13.7. The number of aromatic nitrogens is 1. The lowest BCUT2D eigenvalue weighted by atomic mass is 10.1. The van der Waals surface area contributed by atoms with Crippen LogP contribution in [0.4, 0.5) is 5.82 Å². The Hall–Kier alpha value is -2.05. The maximum absolute atomic E-state index is 8.90. The normalized spacial score (nSPS) is 9.95. The van der Waals surface area contributed by atoms with E-state index in [2.05, 4.69) is 16.4 Å². The lowest BCUT2D eigenvalue weighted by Crippen LogP contribution is -2.07. The van der Waals surface area contributed by atoms with Gasteiger partial charge < -0.3 is 5.32 Å². The van der Waals surface area contributed by atoms with Crippen LogP contribution in [0.3, 0.4) is 0 Å². The van der Waals surface area contributed by atoms with Crippen LogP contribution >= 0.6 is 11.6 Å². The van der Waals surface area contributed by atoms with Gasteiger partial charge in [0, 0.05) is 17.3 Å². The van der Waals surface area contributed by atoms with Gasteiger partial charge >= 0.3 is 0 Å². The van der Waals surface area contributed by atoms with Crippen molar-refractivity contribution in [2.75, 3.05) is 11.9 Å². The number of aryl methyl sites for hydroxylation is 1. The molecule has 0 spiro atoms. The molecule has 2 aromatic rings. The third kappa shape index (κ3) is 3.97. The number of halogens is 1. The number of nitrogens with zero attached hydrogens (tertiary/aromatic N) is 2. The van der Waals surface area contributed by atoms with E-state index in [4.69, 9.17) is 16.9 Å². The first kappa shape index (κ1) is 13.4. The van der Waals surface area contributed by atoms with Crippen molar-refractivity contribution in [3.63, 3.8) is 0 Å². The SMILES string of the molecule is Cc1cc(C#N)cc(NCCc2ccc(Cl)cc2)n1. The summed E-state index contributed by atoms with van der Waals surface area (Å²) in [5, 5.41) is 12.9. The van der Waals surface area contributed by atoms with E-state index < -0.39 is 0 Å². The number of pyridine rings is 1. The average Bonchev–Trinajstić information content (AvgIpc) is 2.40. The molecule has 2 rings (SSSR count). The molecule has 4 heteroatoms. The summed E-state index contributed by atoms with van der Waals surface area (Å²) in [6, 6.07) is 13.4. The predicted octanol–water partition coefficient (Wildman–Crippen LogP) is 3.57. The first-order chi connectivity index (χ1) is 9.17. The molecule has 1 heterocycles. The van der Waals surface area contributed by atoms with E-state index >= 15 is 0 Å². The minimum absolute atomic E-state index is 0.626. The first-order valence-electron chi connectivity index (χ1n) is 6.04. The minimum atomic E-state index is 0.626. The highest BCUT2D eigenvalue weighted by atomic mass is 35.5. The molecular formula is C15H14ClN3. The van der Waals surface area contributed by atoms with Gasteiger partial charge in [0.05, 0.1) is 11.6 Å². The fraction of sp³-hybridized carbons (Fsp3) is 0.200. The van der Waals surface area contributed by atoms with Gasteiger partial charge in [0.1, 0.15) is 5.82 Å². The van der Waals surface area contributed by atoms with Gasteiger partial charge in [-0.15, -0.1) is 0 Å². The van der Waals surface area contributed by atoms with Gasteiger partial charge in [-0.3, -0.25) is 0 Å². The van der Waals surface area contributed by atoms with Gasteiger partial charge in [0.2, 0.25) is 0 Å². The van der Waals surface area contributed by atoms with E-state index in [0.29, 0.717) is 5.56 Å². The van der Waals surface area contributed by atoms with Crippen LogP contribution in [0.5, 0.6) is 0 Å². The third-order valence-corrected chi connectivity index (χ3v) is 2.97. The van der Waals surface area contributed by atoms with E-state index in [9.17, 15) is 0 Å². The maximum Gasteiger partial charge on any atom is 0.127 e. The molecule has 96 valence electrons. The molecule has 0 aliphatic rings. The van der Waals surface area contributed by atoms with Crippen molar-refractivity contribution in [3.8, 4) is 6.07 Å². The first-order valence-corrected chi connectivity index (χ1v) is 6.42. The Morgan fingerprint density at radius 1 is 1.26 bits per heavy atom. The van der Waals surface area contributed by atoms with E-state index in [0.717, 1.165) is 29.5 Å². The summed E-state index contributed by atoms with van der Waals surface area (Å²) in [7, 11) is 0. The number of hydrogen-bond acceptors (Lipinski definition) is 3. The van der Waals surface area contributed by atoms with Crippen molar-refractivity contribution in [1.82, 2.24) is 4.98 Å². The molecule has 1 aromatic heterocycles.